The third kappa shape index (κ3) is 5.21. The summed E-state index contributed by atoms with van der Waals surface area (Å²) in [6.45, 7) is 1.89. The van der Waals surface area contributed by atoms with Crippen molar-refractivity contribution in [3.63, 3.8) is 0 Å². The Morgan fingerprint density at radius 2 is 1.53 bits per heavy atom. The number of hydrogen-bond acceptors (Lipinski definition) is 7. The number of nitrogens with one attached hydrogen (secondary N) is 3. The monoisotopic (exact) mass is 498 g/mol. The van der Waals surface area contributed by atoms with E-state index in [-0.39, 0.29) is 10.0 Å². The summed E-state index contributed by atoms with van der Waals surface area (Å²) in [5.74, 6) is 1.05. The van der Waals surface area contributed by atoms with Gasteiger partial charge in [-0.25, -0.2) is 18.2 Å². The van der Waals surface area contributed by atoms with Crippen molar-refractivity contribution in [3.05, 3.63) is 66.2 Å². The van der Waals surface area contributed by atoms with E-state index in [2.05, 4.69) is 20.3 Å². The molecule has 0 bridgehead atoms. The summed E-state index contributed by atoms with van der Waals surface area (Å²) in [6.07, 6.45) is 0. The molecule has 0 aliphatic heterocycles. The standard InChI is InChI=1S/C23H22N4O5S2/c1-14-4-8-17(9-5-14)34(29,30)27-23-26-18-10-6-16(13-21(18)33-23)25-22(28)24-15-7-11-19(31-2)20(12-15)32-3/h4-13H,1-3H3,(H,26,27)(H2,24,25,28). The largest absolute Gasteiger partial charge is 0.493 e. The van der Waals surface area contributed by atoms with Crippen molar-refractivity contribution in [2.75, 3.05) is 29.6 Å². The van der Waals surface area contributed by atoms with Crippen molar-refractivity contribution in [2.45, 2.75) is 11.8 Å². The second-order valence-corrected chi connectivity index (χ2v) is 9.98. The van der Waals surface area contributed by atoms with Gasteiger partial charge in [0, 0.05) is 17.4 Å². The molecule has 4 rings (SSSR count). The van der Waals surface area contributed by atoms with Gasteiger partial charge in [0.15, 0.2) is 16.6 Å². The first-order valence-electron chi connectivity index (χ1n) is 10.1. The number of thiazole rings is 1. The van der Waals surface area contributed by atoms with E-state index in [1.165, 1.54) is 25.6 Å². The second kappa shape index (κ2) is 9.57. The van der Waals surface area contributed by atoms with Crippen molar-refractivity contribution >= 4 is 54.1 Å². The van der Waals surface area contributed by atoms with Crippen molar-refractivity contribution < 1.29 is 22.7 Å². The van der Waals surface area contributed by atoms with Gasteiger partial charge in [0.2, 0.25) is 0 Å². The molecule has 9 nitrogen and oxygen atoms in total. The van der Waals surface area contributed by atoms with Gasteiger partial charge in [-0.3, -0.25) is 4.72 Å². The number of carbonyl (C=O) groups is 1. The molecule has 0 saturated carbocycles. The van der Waals surface area contributed by atoms with Crippen LogP contribution in [-0.2, 0) is 10.0 Å². The number of methoxy groups -OCH3 is 2. The number of aryl methyl sites for hydroxylation is 1. The normalized spacial score (nSPS) is 11.1. The number of fused-ring (bicyclic) bond motifs is 1. The van der Waals surface area contributed by atoms with E-state index < -0.39 is 16.1 Å². The maximum Gasteiger partial charge on any atom is 0.323 e. The van der Waals surface area contributed by atoms with Crippen LogP contribution in [0.4, 0.5) is 21.3 Å². The molecule has 0 aliphatic carbocycles. The van der Waals surface area contributed by atoms with Crippen LogP contribution < -0.4 is 24.8 Å². The maximum absolute atomic E-state index is 12.6. The summed E-state index contributed by atoms with van der Waals surface area (Å²) in [5.41, 5.74) is 2.63. The maximum atomic E-state index is 12.6. The third-order valence-electron chi connectivity index (χ3n) is 4.84. The fraction of sp³-hybridized carbons (Fsp3) is 0.130. The van der Waals surface area contributed by atoms with E-state index in [1.54, 1.807) is 60.7 Å². The first-order valence-corrected chi connectivity index (χ1v) is 12.4. The highest BCUT2D eigenvalue weighted by Gasteiger charge is 2.17. The summed E-state index contributed by atoms with van der Waals surface area (Å²) in [6, 6.07) is 16.3. The van der Waals surface area contributed by atoms with Crippen molar-refractivity contribution in [1.82, 2.24) is 4.98 Å². The number of sulfonamides is 1. The summed E-state index contributed by atoms with van der Waals surface area (Å²) < 4.78 is 38.9. The molecule has 0 saturated heterocycles. The SMILES string of the molecule is COc1ccc(NC(=O)Nc2ccc3nc(NS(=O)(=O)c4ccc(C)cc4)sc3c2)cc1OC. The zero-order chi connectivity index (χ0) is 24.3. The van der Waals surface area contributed by atoms with Crippen molar-refractivity contribution in [2.24, 2.45) is 0 Å². The Kier molecular flexibility index (Phi) is 6.57. The smallest absolute Gasteiger partial charge is 0.323 e. The molecule has 2 amide bonds. The van der Waals surface area contributed by atoms with Gasteiger partial charge in [-0.2, -0.15) is 0 Å². The Bertz CT molecular complexity index is 1450. The lowest BCUT2D eigenvalue weighted by atomic mass is 10.2. The molecule has 3 aromatic carbocycles. The van der Waals surface area contributed by atoms with Crippen LogP contribution >= 0.6 is 11.3 Å². The highest BCUT2D eigenvalue weighted by Crippen LogP contribution is 2.31. The molecule has 0 unspecified atom stereocenters. The van der Waals surface area contributed by atoms with E-state index in [9.17, 15) is 13.2 Å². The molecule has 0 radical (unpaired) electrons. The Morgan fingerprint density at radius 3 is 2.21 bits per heavy atom. The Hall–Kier alpha value is -3.83. The molecule has 176 valence electrons. The molecule has 0 fully saturated rings. The predicted molar refractivity (Wildman–Crippen MR) is 134 cm³/mol. The zero-order valence-electron chi connectivity index (χ0n) is 18.6. The number of carbonyl (C=O) groups excluding carboxylic acids is 1. The van der Waals surface area contributed by atoms with Crippen molar-refractivity contribution in [1.29, 1.82) is 0 Å². The number of urea groups is 1. The van der Waals surface area contributed by atoms with Gasteiger partial charge in [0.1, 0.15) is 0 Å². The highest BCUT2D eigenvalue weighted by atomic mass is 32.2. The number of rotatable bonds is 7. The quantitative estimate of drug-likeness (QED) is 0.327. The minimum Gasteiger partial charge on any atom is -0.493 e. The van der Waals surface area contributed by atoms with E-state index in [0.29, 0.717) is 33.1 Å². The molecule has 4 aromatic rings. The van der Waals surface area contributed by atoms with Crippen LogP contribution in [0.5, 0.6) is 11.5 Å². The van der Waals surface area contributed by atoms with Gasteiger partial charge in [0.05, 0.1) is 29.3 Å². The van der Waals surface area contributed by atoms with Crippen molar-refractivity contribution in [3.8, 4) is 11.5 Å². The van der Waals surface area contributed by atoms with Crippen LogP contribution in [-0.4, -0.2) is 33.7 Å². The van der Waals surface area contributed by atoms with E-state index in [1.807, 2.05) is 6.92 Å². The lowest BCUT2D eigenvalue weighted by molar-refractivity contribution is 0.262. The molecule has 1 aromatic heterocycles. The molecule has 11 heteroatoms. The molecule has 3 N–H and O–H groups in total. The molecular weight excluding hydrogens is 476 g/mol. The fourth-order valence-electron chi connectivity index (χ4n) is 3.14. The summed E-state index contributed by atoms with van der Waals surface area (Å²) in [5, 5.41) is 5.73. The van der Waals surface area contributed by atoms with Crippen LogP contribution in [0.3, 0.4) is 0 Å². The second-order valence-electron chi connectivity index (χ2n) is 7.27. The van der Waals surface area contributed by atoms with Crippen LogP contribution in [0.1, 0.15) is 5.56 Å². The zero-order valence-corrected chi connectivity index (χ0v) is 20.2. The fourth-order valence-corrected chi connectivity index (χ4v) is 5.28. The number of anilines is 3. The lowest BCUT2D eigenvalue weighted by Gasteiger charge is -2.11. The Balaban J connectivity index is 1.47. The molecule has 0 atom stereocenters. The summed E-state index contributed by atoms with van der Waals surface area (Å²) >= 11 is 1.17. The molecule has 34 heavy (non-hydrogen) atoms. The van der Waals surface area contributed by atoms with E-state index in [4.69, 9.17) is 9.47 Å². The minimum atomic E-state index is -3.75. The first-order chi connectivity index (χ1) is 16.3. The molecule has 1 heterocycles. The van der Waals surface area contributed by atoms with Crippen LogP contribution in [0.2, 0.25) is 0 Å². The Morgan fingerprint density at radius 1 is 0.882 bits per heavy atom. The third-order valence-corrected chi connectivity index (χ3v) is 7.26. The van der Waals surface area contributed by atoms with Crippen LogP contribution in [0.25, 0.3) is 10.2 Å². The summed E-state index contributed by atoms with van der Waals surface area (Å²) in [7, 11) is -0.704. The van der Waals surface area contributed by atoms with E-state index >= 15 is 0 Å². The van der Waals surface area contributed by atoms with Crippen LogP contribution in [0, 0.1) is 6.92 Å². The van der Waals surface area contributed by atoms with Gasteiger partial charge >= 0.3 is 6.03 Å². The van der Waals surface area contributed by atoms with Gasteiger partial charge in [-0.15, -0.1) is 0 Å². The number of nitrogens with zero attached hydrogens (tertiary/aromatic N) is 1. The topological polar surface area (TPSA) is 119 Å². The van der Waals surface area contributed by atoms with Gasteiger partial charge in [-0.1, -0.05) is 29.0 Å². The minimum absolute atomic E-state index is 0.159. The van der Waals surface area contributed by atoms with Gasteiger partial charge < -0.3 is 20.1 Å². The number of benzene rings is 3. The molecule has 0 spiro atoms. The number of hydrogen-bond donors (Lipinski definition) is 3. The average Bonchev–Trinajstić information content (AvgIpc) is 3.19. The predicted octanol–water partition coefficient (Wildman–Crippen LogP) is 5.07. The number of ether oxygens (including phenoxy) is 2. The van der Waals surface area contributed by atoms with Gasteiger partial charge in [0.25, 0.3) is 10.0 Å². The Labute approximate surface area is 200 Å². The van der Waals surface area contributed by atoms with Gasteiger partial charge in [-0.05, 0) is 49.4 Å². The number of amides is 2. The lowest BCUT2D eigenvalue weighted by Crippen LogP contribution is -2.19. The summed E-state index contributed by atoms with van der Waals surface area (Å²) in [4.78, 5) is 16.9. The molecule has 0 aliphatic rings. The number of aromatic nitrogens is 1. The molecular formula is C23H22N4O5S2. The highest BCUT2D eigenvalue weighted by molar-refractivity contribution is 7.93. The average molecular weight is 499 g/mol. The van der Waals surface area contributed by atoms with Crippen LogP contribution in [0.15, 0.2) is 65.6 Å². The first kappa shape index (κ1) is 23.3. The van der Waals surface area contributed by atoms with E-state index in [0.717, 1.165) is 5.56 Å².